The van der Waals surface area contributed by atoms with E-state index in [9.17, 15) is 14.4 Å². The largest absolute Gasteiger partial charge is 0.482 e. The van der Waals surface area contributed by atoms with E-state index in [0.29, 0.717) is 29.2 Å². The van der Waals surface area contributed by atoms with Gasteiger partial charge in [-0.05, 0) is 57.4 Å². The minimum atomic E-state index is -0.360. The van der Waals surface area contributed by atoms with Gasteiger partial charge in [-0.3, -0.25) is 14.4 Å². The molecule has 0 saturated heterocycles. The number of nitrogens with one attached hydrogen (secondary N) is 2. The number of ether oxygens (including phenoxy) is 1. The number of hydrogen-bond acceptors (Lipinski definition) is 5. The molecule has 0 aromatic heterocycles. The van der Waals surface area contributed by atoms with Crippen molar-refractivity contribution in [3.05, 3.63) is 54.1 Å². The van der Waals surface area contributed by atoms with Crippen molar-refractivity contribution < 1.29 is 19.1 Å². The minimum Gasteiger partial charge on any atom is -0.482 e. The lowest BCUT2D eigenvalue weighted by Gasteiger charge is -2.30. The van der Waals surface area contributed by atoms with Crippen LogP contribution in [-0.2, 0) is 9.59 Å². The van der Waals surface area contributed by atoms with Crippen LogP contribution in [0.15, 0.2) is 48.5 Å². The highest BCUT2D eigenvalue weighted by molar-refractivity contribution is 6.01. The smallest absolute Gasteiger partial charge is 0.265 e. The van der Waals surface area contributed by atoms with Crippen molar-refractivity contribution >= 4 is 29.1 Å². The summed E-state index contributed by atoms with van der Waals surface area (Å²) >= 11 is 0. The van der Waals surface area contributed by atoms with E-state index in [1.807, 2.05) is 20.2 Å². The molecule has 2 aromatic rings. The molecule has 0 atom stereocenters. The highest BCUT2D eigenvalue weighted by Crippen LogP contribution is 2.34. The first-order valence-corrected chi connectivity index (χ1v) is 9.79. The van der Waals surface area contributed by atoms with Crippen LogP contribution in [0.5, 0.6) is 5.75 Å². The van der Waals surface area contributed by atoms with E-state index >= 15 is 0 Å². The predicted molar refractivity (Wildman–Crippen MR) is 115 cm³/mol. The second-order valence-corrected chi connectivity index (χ2v) is 7.27. The van der Waals surface area contributed by atoms with E-state index in [2.05, 4.69) is 15.5 Å². The van der Waals surface area contributed by atoms with Gasteiger partial charge < -0.3 is 25.2 Å². The molecule has 2 aromatic carbocycles. The van der Waals surface area contributed by atoms with Crippen molar-refractivity contribution in [2.75, 3.05) is 50.6 Å². The summed E-state index contributed by atoms with van der Waals surface area (Å²) in [7, 11) is 3.97. The fourth-order valence-electron chi connectivity index (χ4n) is 3.13. The van der Waals surface area contributed by atoms with Crippen LogP contribution in [-0.4, -0.2) is 63.0 Å². The van der Waals surface area contributed by atoms with Gasteiger partial charge in [-0.1, -0.05) is 18.2 Å². The van der Waals surface area contributed by atoms with Gasteiger partial charge in [0.25, 0.3) is 11.8 Å². The maximum absolute atomic E-state index is 12.3. The first-order chi connectivity index (χ1) is 14.4. The normalized spacial score (nSPS) is 12.9. The van der Waals surface area contributed by atoms with Crippen LogP contribution in [0.4, 0.5) is 11.4 Å². The van der Waals surface area contributed by atoms with Crippen LogP contribution < -0.4 is 20.3 Å². The average Bonchev–Trinajstić information content (AvgIpc) is 2.74. The van der Waals surface area contributed by atoms with E-state index in [0.717, 1.165) is 13.0 Å². The molecule has 2 N–H and O–H groups in total. The first-order valence-electron chi connectivity index (χ1n) is 9.79. The Kier molecular flexibility index (Phi) is 7.03. The number of fused-ring (bicyclic) bond motifs is 1. The summed E-state index contributed by atoms with van der Waals surface area (Å²) in [5, 5.41) is 5.34. The molecule has 30 heavy (non-hydrogen) atoms. The van der Waals surface area contributed by atoms with Crippen molar-refractivity contribution in [3.8, 4) is 5.75 Å². The zero-order valence-electron chi connectivity index (χ0n) is 17.2. The predicted octanol–water partition coefficient (Wildman–Crippen LogP) is 1.73. The maximum atomic E-state index is 12.3. The Hall–Kier alpha value is -3.39. The van der Waals surface area contributed by atoms with Crippen LogP contribution in [0.25, 0.3) is 0 Å². The summed E-state index contributed by atoms with van der Waals surface area (Å²) in [6, 6.07) is 13.9. The molecule has 0 radical (unpaired) electrons. The number of carbonyl (C=O) groups excluding carboxylic acids is 3. The van der Waals surface area contributed by atoms with E-state index in [-0.39, 0.29) is 30.9 Å². The van der Waals surface area contributed by atoms with Gasteiger partial charge in [0.15, 0.2) is 6.61 Å². The van der Waals surface area contributed by atoms with E-state index < -0.39 is 0 Å². The molecule has 0 saturated carbocycles. The number of nitrogens with zero attached hydrogens (tertiary/aromatic N) is 2. The fourth-order valence-corrected chi connectivity index (χ4v) is 3.13. The molecule has 1 heterocycles. The van der Waals surface area contributed by atoms with E-state index in [1.54, 1.807) is 47.4 Å². The Morgan fingerprint density at radius 2 is 1.90 bits per heavy atom. The summed E-state index contributed by atoms with van der Waals surface area (Å²) in [6.07, 6.45) is 0.820. The third-order valence-electron chi connectivity index (χ3n) is 4.62. The summed E-state index contributed by atoms with van der Waals surface area (Å²) in [5.74, 6) is -0.182. The average molecular weight is 410 g/mol. The minimum absolute atomic E-state index is 0.00614. The van der Waals surface area contributed by atoms with Crippen molar-refractivity contribution in [1.82, 2.24) is 10.2 Å². The number of hydrogen-bond donors (Lipinski definition) is 2. The molecule has 0 spiro atoms. The van der Waals surface area contributed by atoms with Crippen LogP contribution >= 0.6 is 0 Å². The second-order valence-electron chi connectivity index (χ2n) is 7.27. The van der Waals surface area contributed by atoms with Gasteiger partial charge in [-0.25, -0.2) is 0 Å². The Morgan fingerprint density at radius 1 is 1.13 bits per heavy atom. The standard InChI is InChI=1S/C22H26N4O4/c1-25(2)11-6-12-26-18-13-17(9-10-19(18)30-15-21(26)28)24-20(27)14-23-22(29)16-7-4-3-5-8-16/h3-5,7-10,13H,6,11-12,14-15H2,1-2H3,(H,23,29)(H,24,27). The Labute approximate surface area is 175 Å². The summed E-state index contributed by atoms with van der Waals surface area (Å²) < 4.78 is 5.51. The number of carbonyl (C=O) groups is 3. The molecule has 158 valence electrons. The van der Waals surface area contributed by atoms with Crippen molar-refractivity contribution in [3.63, 3.8) is 0 Å². The van der Waals surface area contributed by atoms with Crippen LogP contribution in [0.3, 0.4) is 0 Å². The van der Waals surface area contributed by atoms with Crippen LogP contribution in [0.1, 0.15) is 16.8 Å². The molecule has 8 heteroatoms. The van der Waals surface area contributed by atoms with Crippen LogP contribution in [0, 0.1) is 0 Å². The highest BCUT2D eigenvalue weighted by Gasteiger charge is 2.25. The van der Waals surface area contributed by atoms with Gasteiger partial charge >= 0.3 is 0 Å². The topological polar surface area (TPSA) is 91.0 Å². The number of rotatable bonds is 8. The van der Waals surface area contributed by atoms with E-state index in [1.165, 1.54) is 0 Å². The zero-order valence-corrected chi connectivity index (χ0v) is 17.2. The summed E-state index contributed by atoms with van der Waals surface area (Å²) in [6.45, 7) is 1.27. The summed E-state index contributed by atoms with van der Waals surface area (Å²) in [5.41, 5.74) is 1.66. The molecule has 0 aliphatic carbocycles. The number of benzene rings is 2. The Morgan fingerprint density at radius 3 is 2.63 bits per heavy atom. The lowest BCUT2D eigenvalue weighted by atomic mass is 10.2. The summed E-state index contributed by atoms with van der Waals surface area (Å²) in [4.78, 5) is 40.4. The van der Waals surface area contributed by atoms with Gasteiger partial charge in [0.1, 0.15) is 5.75 Å². The lowest BCUT2D eigenvalue weighted by Crippen LogP contribution is -2.40. The Balaban J connectivity index is 1.61. The molecule has 0 unspecified atom stereocenters. The SMILES string of the molecule is CN(C)CCCN1C(=O)COc2ccc(NC(=O)CNC(=O)c3ccccc3)cc21. The van der Waals surface area contributed by atoms with Gasteiger partial charge in [-0.15, -0.1) is 0 Å². The monoisotopic (exact) mass is 410 g/mol. The number of anilines is 2. The highest BCUT2D eigenvalue weighted by atomic mass is 16.5. The zero-order chi connectivity index (χ0) is 21.5. The van der Waals surface area contributed by atoms with Gasteiger partial charge in [0.05, 0.1) is 12.2 Å². The molecular weight excluding hydrogens is 384 g/mol. The molecule has 3 amide bonds. The second kappa shape index (κ2) is 9.89. The molecule has 3 rings (SSSR count). The molecule has 1 aliphatic heterocycles. The third kappa shape index (κ3) is 5.57. The molecule has 0 fully saturated rings. The van der Waals surface area contributed by atoms with Crippen molar-refractivity contribution in [2.24, 2.45) is 0 Å². The molecule has 1 aliphatic rings. The quantitative estimate of drug-likeness (QED) is 0.692. The molecule has 8 nitrogen and oxygen atoms in total. The van der Waals surface area contributed by atoms with Crippen LogP contribution in [0.2, 0.25) is 0 Å². The molecular formula is C22H26N4O4. The first kappa shape index (κ1) is 21.3. The fraction of sp³-hybridized carbons (Fsp3) is 0.318. The van der Waals surface area contributed by atoms with Crippen molar-refractivity contribution in [2.45, 2.75) is 6.42 Å². The van der Waals surface area contributed by atoms with Crippen molar-refractivity contribution in [1.29, 1.82) is 0 Å². The van der Waals surface area contributed by atoms with Gasteiger partial charge in [0, 0.05) is 17.8 Å². The Bertz CT molecular complexity index is 915. The van der Waals surface area contributed by atoms with Gasteiger partial charge in [0.2, 0.25) is 5.91 Å². The third-order valence-corrected chi connectivity index (χ3v) is 4.62. The number of amides is 3. The maximum Gasteiger partial charge on any atom is 0.265 e. The van der Waals surface area contributed by atoms with E-state index in [4.69, 9.17) is 4.74 Å². The van der Waals surface area contributed by atoms with Gasteiger partial charge in [-0.2, -0.15) is 0 Å². The lowest BCUT2D eigenvalue weighted by molar-refractivity contribution is -0.121. The molecule has 0 bridgehead atoms.